The van der Waals surface area contributed by atoms with E-state index in [-0.39, 0.29) is 5.97 Å². The Morgan fingerprint density at radius 2 is 2.47 bits per heavy atom. The Bertz CT molecular complexity index is 379. The Labute approximate surface area is 109 Å². The number of carbonyl (C=O) groups excluding carboxylic acids is 1. The fraction of sp³-hybridized carbons (Fsp3) is 0.333. The quantitative estimate of drug-likeness (QED) is 0.646. The summed E-state index contributed by atoms with van der Waals surface area (Å²) in [6.07, 6.45) is 3.34. The zero-order valence-electron chi connectivity index (χ0n) is 9.65. The van der Waals surface area contributed by atoms with Crippen molar-refractivity contribution in [2.75, 3.05) is 13.2 Å². The van der Waals surface area contributed by atoms with Gasteiger partial charge in [0.25, 0.3) is 0 Å². The summed E-state index contributed by atoms with van der Waals surface area (Å²) in [4.78, 5) is 16.0. The summed E-state index contributed by atoms with van der Waals surface area (Å²) >= 11 is 3.30. The van der Waals surface area contributed by atoms with Crippen molar-refractivity contribution in [3.8, 4) is 0 Å². The largest absolute Gasteiger partial charge is 0.465 e. The lowest BCUT2D eigenvalue weighted by molar-refractivity contribution is -0.145. The molecule has 1 N–H and O–H groups in total. The van der Waals surface area contributed by atoms with Crippen LogP contribution in [0.25, 0.3) is 0 Å². The highest BCUT2D eigenvalue weighted by Crippen LogP contribution is 2.15. The average molecular weight is 299 g/mol. The first-order valence-corrected chi connectivity index (χ1v) is 6.10. The Morgan fingerprint density at radius 3 is 3.00 bits per heavy atom. The van der Waals surface area contributed by atoms with Gasteiger partial charge in [-0.25, -0.2) is 4.79 Å². The number of aromatic nitrogens is 1. The van der Waals surface area contributed by atoms with E-state index in [1.54, 1.807) is 25.3 Å². The van der Waals surface area contributed by atoms with Crippen molar-refractivity contribution in [1.29, 1.82) is 0 Å². The minimum absolute atomic E-state index is 0.329. The van der Waals surface area contributed by atoms with Crippen molar-refractivity contribution >= 4 is 21.9 Å². The maximum Gasteiger partial charge on any atom is 0.329 e. The van der Waals surface area contributed by atoms with Crippen LogP contribution in [0.15, 0.2) is 35.5 Å². The summed E-state index contributed by atoms with van der Waals surface area (Å²) in [7, 11) is 0. The van der Waals surface area contributed by atoms with Gasteiger partial charge in [-0.1, -0.05) is 6.08 Å². The van der Waals surface area contributed by atoms with Crippen LogP contribution in [0.5, 0.6) is 0 Å². The highest BCUT2D eigenvalue weighted by atomic mass is 79.9. The second-order valence-electron chi connectivity index (χ2n) is 3.28. The molecule has 92 valence electrons. The molecule has 5 heteroatoms. The molecule has 0 bridgehead atoms. The molecule has 0 amide bonds. The smallest absolute Gasteiger partial charge is 0.329 e. The van der Waals surface area contributed by atoms with E-state index >= 15 is 0 Å². The highest BCUT2D eigenvalue weighted by molar-refractivity contribution is 9.10. The molecule has 1 heterocycles. The van der Waals surface area contributed by atoms with Crippen LogP contribution in [0.1, 0.15) is 18.7 Å². The number of hydrogen-bond donors (Lipinski definition) is 1. The van der Waals surface area contributed by atoms with Crippen LogP contribution in [0, 0.1) is 0 Å². The summed E-state index contributed by atoms with van der Waals surface area (Å²) in [6.45, 7) is 6.24. The van der Waals surface area contributed by atoms with Crippen LogP contribution in [-0.2, 0) is 9.53 Å². The molecule has 1 rings (SSSR count). The van der Waals surface area contributed by atoms with Gasteiger partial charge in [0.1, 0.15) is 6.04 Å². The van der Waals surface area contributed by atoms with Gasteiger partial charge in [0.05, 0.1) is 12.3 Å². The van der Waals surface area contributed by atoms with Crippen LogP contribution in [0.4, 0.5) is 0 Å². The van der Waals surface area contributed by atoms with Gasteiger partial charge in [0.15, 0.2) is 0 Å². The van der Waals surface area contributed by atoms with Crippen LogP contribution >= 0.6 is 15.9 Å². The number of pyridine rings is 1. The number of hydrogen-bond acceptors (Lipinski definition) is 4. The Balaban J connectivity index is 2.84. The molecule has 0 saturated heterocycles. The van der Waals surface area contributed by atoms with Gasteiger partial charge in [0.2, 0.25) is 0 Å². The fourth-order valence-corrected chi connectivity index (χ4v) is 1.53. The zero-order valence-corrected chi connectivity index (χ0v) is 11.2. The third-order valence-corrected chi connectivity index (χ3v) is 2.50. The van der Waals surface area contributed by atoms with Crippen molar-refractivity contribution in [3.05, 3.63) is 41.2 Å². The Morgan fingerprint density at radius 1 is 1.71 bits per heavy atom. The lowest BCUT2D eigenvalue weighted by Crippen LogP contribution is -2.31. The van der Waals surface area contributed by atoms with E-state index in [1.165, 1.54) is 0 Å². The standard InChI is InChI=1S/C12H15BrN2O2/c1-3-7-14-11(12(16)17-4-2)10-6-5-9(13)8-15-10/h3,5-6,8,11,14H,1,4,7H2,2H3. The first-order valence-electron chi connectivity index (χ1n) is 5.31. The van der Waals surface area contributed by atoms with E-state index < -0.39 is 6.04 Å². The molecule has 1 aromatic rings. The van der Waals surface area contributed by atoms with E-state index in [0.29, 0.717) is 18.8 Å². The van der Waals surface area contributed by atoms with Gasteiger partial charge >= 0.3 is 5.97 Å². The third kappa shape index (κ3) is 4.28. The molecular weight excluding hydrogens is 284 g/mol. The predicted molar refractivity (Wildman–Crippen MR) is 69.5 cm³/mol. The van der Waals surface area contributed by atoms with E-state index in [4.69, 9.17) is 4.74 Å². The van der Waals surface area contributed by atoms with E-state index in [9.17, 15) is 4.79 Å². The number of halogens is 1. The summed E-state index contributed by atoms with van der Waals surface area (Å²) in [5.74, 6) is -0.329. The molecule has 0 radical (unpaired) electrons. The van der Waals surface area contributed by atoms with Gasteiger partial charge in [-0.05, 0) is 35.0 Å². The number of rotatable bonds is 6. The molecule has 0 aliphatic heterocycles. The lowest BCUT2D eigenvalue weighted by Gasteiger charge is -2.15. The van der Waals surface area contributed by atoms with Crippen molar-refractivity contribution in [2.45, 2.75) is 13.0 Å². The van der Waals surface area contributed by atoms with Gasteiger partial charge < -0.3 is 4.74 Å². The topological polar surface area (TPSA) is 51.2 Å². The number of esters is 1. The normalized spacial score (nSPS) is 11.9. The molecule has 1 unspecified atom stereocenters. The highest BCUT2D eigenvalue weighted by Gasteiger charge is 2.21. The second kappa shape index (κ2) is 7.19. The number of nitrogens with one attached hydrogen (secondary N) is 1. The average Bonchev–Trinajstić information content (AvgIpc) is 2.32. The van der Waals surface area contributed by atoms with E-state index in [2.05, 4.69) is 32.8 Å². The molecule has 1 atom stereocenters. The molecule has 4 nitrogen and oxygen atoms in total. The van der Waals surface area contributed by atoms with Gasteiger partial charge in [-0.3, -0.25) is 10.3 Å². The van der Waals surface area contributed by atoms with Crippen molar-refractivity contribution < 1.29 is 9.53 Å². The molecule has 0 aromatic carbocycles. The Kier molecular flexibility index (Phi) is 5.86. The molecule has 0 fully saturated rings. The molecule has 0 aliphatic rings. The van der Waals surface area contributed by atoms with Crippen LogP contribution in [0.2, 0.25) is 0 Å². The summed E-state index contributed by atoms with van der Waals surface area (Å²) < 4.78 is 5.87. The van der Waals surface area contributed by atoms with Crippen molar-refractivity contribution in [2.24, 2.45) is 0 Å². The van der Waals surface area contributed by atoms with Crippen molar-refractivity contribution in [3.63, 3.8) is 0 Å². The minimum atomic E-state index is -0.555. The first kappa shape index (κ1) is 13.9. The maximum atomic E-state index is 11.8. The summed E-state index contributed by atoms with van der Waals surface area (Å²) in [5.41, 5.74) is 0.633. The Hall–Kier alpha value is -1.20. The number of ether oxygens (including phenoxy) is 1. The minimum Gasteiger partial charge on any atom is -0.465 e. The number of carbonyl (C=O) groups is 1. The first-order chi connectivity index (χ1) is 8.19. The SMILES string of the molecule is C=CCNC(C(=O)OCC)c1ccc(Br)cn1. The molecule has 0 saturated carbocycles. The third-order valence-electron chi connectivity index (χ3n) is 2.03. The molecular formula is C12H15BrN2O2. The van der Waals surface area contributed by atoms with Crippen LogP contribution in [-0.4, -0.2) is 24.1 Å². The van der Waals surface area contributed by atoms with Gasteiger partial charge in [-0.15, -0.1) is 6.58 Å². The maximum absolute atomic E-state index is 11.8. The van der Waals surface area contributed by atoms with E-state index in [1.807, 2.05) is 6.07 Å². The molecule has 1 aromatic heterocycles. The predicted octanol–water partition coefficient (Wildman–Crippen LogP) is 2.22. The van der Waals surface area contributed by atoms with Gasteiger partial charge in [0, 0.05) is 17.2 Å². The summed E-state index contributed by atoms with van der Waals surface area (Å²) in [6, 6.07) is 3.06. The lowest BCUT2D eigenvalue weighted by atomic mass is 10.2. The van der Waals surface area contributed by atoms with Crippen LogP contribution in [0.3, 0.4) is 0 Å². The molecule has 17 heavy (non-hydrogen) atoms. The monoisotopic (exact) mass is 298 g/mol. The van der Waals surface area contributed by atoms with Gasteiger partial charge in [-0.2, -0.15) is 0 Å². The van der Waals surface area contributed by atoms with E-state index in [0.717, 1.165) is 4.47 Å². The van der Waals surface area contributed by atoms with Crippen LogP contribution < -0.4 is 5.32 Å². The number of nitrogens with zero attached hydrogens (tertiary/aromatic N) is 1. The molecule has 0 aliphatic carbocycles. The summed E-state index contributed by atoms with van der Waals surface area (Å²) in [5, 5.41) is 3.02. The fourth-order valence-electron chi connectivity index (χ4n) is 1.29. The zero-order chi connectivity index (χ0) is 12.7. The molecule has 0 spiro atoms. The van der Waals surface area contributed by atoms with Crippen molar-refractivity contribution in [1.82, 2.24) is 10.3 Å². The second-order valence-corrected chi connectivity index (χ2v) is 4.20.